The third kappa shape index (κ3) is 3.89. The Morgan fingerprint density at radius 2 is 1.94 bits per heavy atom. The summed E-state index contributed by atoms with van der Waals surface area (Å²) in [5.41, 5.74) is 2.05. The van der Waals surface area contributed by atoms with E-state index in [-0.39, 0.29) is 5.91 Å². The number of fused-ring (bicyclic) bond motifs is 1. The molecule has 2 saturated heterocycles. The summed E-state index contributed by atoms with van der Waals surface area (Å²) in [5, 5.41) is 4.38. The molecule has 0 spiro atoms. The van der Waals surface area contributed by atoms with Crippen LogP contribution in [0.1, 0.15) is 58.4 Å². The first-order valence-electron chi connectivity index (χ1n) is 11.8. The Hall–Kier alpha value is -3.16. The van der Waals surface area contributed by atoms with Gasteiger partial charge >= 0.3 is 0 Å². The van der Waals surface area contributed by atoms with Crippen molar-refractivity contribution in [2.24, 2.45) is 0 Å². The van der Waals surface area contributed by atoms with E-state index in [2.05, 4.69) is 50.9 Å². The molecule has 32 heavy (non-hydrogen) atoms. The lowest BCUT2D eigenvalue weighted by molar-refractivity contribution is -0.117. The molecule has 1 N–H and O–H groups in total. The summed E-state index contributed by atoms with van der Waals surface area (Å²) in [6.45, 7) is 7.18. The summed E-state index contributed by atoms with van der Waals surface area (Å²) in [4.78, 5) is 30.4. The van der Waals surface area contributed by atoms with Gasteiger partial charge in [0, 0.05) is 62.1 Å². The number of anilines is 4. The maximum Gasteiger partial charge on any atom is 0.227 e. The Balaban J connectivity index is 1.47. The van der Waals surface area contributed by atoms with Gasteiger partial charge in [0.25, 0.3) is 0 Å². The van der Waals surface area contributed by atoms with Gasteiger partial charge in [0.2, 0.25) is 11.9 Å². The molecule has 8 nitrogen and oxygen atoms in total. The Morgan fingerprint density at radius 1 is 1.09 bits per heavy atom. The second-order valence-corrected chi connectivity index (χ2v) is 8.83. The van der Waals surface area contributed by atoms with E-state index >= 15 is 0 Å². The molecule has 2 aliphatic heterocycles. The monoisotopic (exact) mass is 433 g/mol. The maximum absolute atomic E-state index is 12.4. The zero-order valence-electron chi connectivity index (χ0n) is 18.9. The number of piperidine rings is 1. The highest BCUT2D eigenvalue weighted by Crippen LogP contribution is 2.35. The van der Waals surface area contributed by atoms with Gasteiger partial charge in [-0.2, -0.15) is 4.98 Å². The average Bonchev–Trinajstić information content (AvgIpc) is 3.42. The summed E-state index contributed by atoms with van der Waals surface area (Å²) >= 11 is 0. The topological polar surface area (TPSA) is 79.2 Å². The maximum atomic E-state index is 12.4. The van der Waals surface area contributed by atoms with Crippen LogP contribution in [0.4, 0.5) is 23.3 Å². The fourth-order valence-corrected chi connectivity index (χ4v) is 4.67. The Kier molecular flexibility index (Phi) is 5.68. The lowest BCUT2D eigenvalue weighted by Gasteiger charge is -2.26. The highest BCUT2D eigenvalue weighted by molar-refractivity contribution is 6.05. The third-order valence-electron chi connectivity index (χ3n) is 6.67. The minimum absolute atomic E-state index is 0.196. The minimum Gasteiger partial charge on any atom is -0.342 e. The van der Waals surface area contributed by atoms with Crippen LogP contribution in [0.15, 0.2) is 30.7 Å². The van der Waals surface area contributed by atoms with Crippen LogP contribution in [0, 0.1) is 0 Å². The largest absolute Gasteiger partial charge is 0.342 e. The van der Waals surface area contributed by atoms with E-state index in [1.165, 1.54) is 19.3 Å². The number of amides is 1. The molecular weight excluding hydrogens is 402 g/mol. The van der Waals surface area contributed by atoms with Crippen molar-refractivity contribution in [1.82, 2.24) is 19.5 Å². The predicted octanol–water partition coefficient (Wildman–Crippen LogP) is 4.66. The van der Waals surface area contributed by atoms with Gasteiger partial charge in [-0.3, -0.25) is 4.79 Å². The fraction of sp³-hybridized carbons (Fsp3) is 0.500. The summed E-state index contributed by atoms with van der Waals surface area (Å²) in [6, 6.07) is 4.26. The number of carbonyl (C=O) groups is 1. The fourth-order valence-electron chi connectivity index (χ4n) is 4.67. The SMILES string of the molecule is CCC(C)n1cc(N2CCCC2=O)c2cnc(Nc3ccnc(N4CCCCC4)n3)cc21. The number of rotatable bonds is 6. The minimum atomic E-state index is 0.196. The van der Waals surface area contributed by atoms with Crippen LogP contribution in [0.5, 0.6) is 0 Å². The number of hydrogen-bond acceptors (Lipinski definition) is 6. The molecule has 5 heterocycles. The van der Waals surface area contributed by atoms with Crippen LogP contribution in [0.2, 0.25) is 0 Å². The van der Waals surface area contributed by atoms with Gasteiger partial charge in [0.05, 0.1) is 11.2 Å². The Labute approximate surface area is 188 Å². The molecule has 3 aromatic rings. The predicted molar refractivity (Wildman–Crippen MR) is 128 cm³/mol. The van der Waals surface area contributed by atoms with Gasteiger partial charge in [-0.05, 0) is 45.1 Å². The van der Waals surface area contributed by atoms with Gasteiger partial charge in [0.1, 0.15) is 11.6 Å². The van der Waals surface area contributed by atoms with E-state index in [1.807, 2.05) is 17.2 Å². The van der Waals surface area contributed by atoms with Gasteiger partial charge in [-0.1, -0.05) is 6.92 Å². The van der Waals surface area contributed by atoms with Crippen molar-refractivity contribution < 1.29 is 4.79 Å². The van der Waals surface area contributed by atoms with Crippen molar-refractivity contribution >= 4 is 40.1 Å². The lowest BCUT2D eigenvalue weighted by Crippen LogP contribution is -2.31. The van der Waals surface area contributed by atoms with Crippen molar-refractivity contribution in [3.05, 3.63) is 30.7 Å². The van der Waals surface area contributed by atoms with Crippen LogP contribution < -0.4 is 15.1 Å². The molecule has 0 bridgehead atoms. The molecule has 2 fully saturated rings. The zero-order chi connectivity index (χ0) is 22.1. The van der Waals surface area contributed by atoms with Crippen molar-refractivity contribution in [2.45, 2.75) is 58.4 Å². The third-order valence-corrected chi connectivity index (χ3v) is 6.67. The summed E-state index contributed by atoms with van der Waals surface area (Å²) in [5.74, 6) is 2.45. The Morgan fingerprint density at radius 3 is 2.69 bits per heavy atom. The van der Waals surface area contributed by atoms with Gasteiger partial charge < -0.3 is 19.7 Å². The van der Waals surface area contributed by atoms with E-state index < -0.39 is 0 Å². The lowest BCUT2D eigenvalue weighted by atomic mass is 10.1. The van der Waals surface area contributed by atoms with E-state index in [0.717, 1.165) is 66.7 Å². The van der Waals surface area contributed by atoms with Crippen LogP contribution >= 0.6 is 0 Å². The Bertz CT molecular complexity index is 1120. The van der Waals surface area contributed by atoms with Gasteiger partial charge in [0.15, 0.2) is 0 Å². The molecular formula is C24H31N7O. The average molecular weight is 434 g/mol. The first-order chi connectivity index (χ1) is 15.6. The smallest absolute Gasteiger partial charge is 0.227 e. The highest BCUT2D eigenvalue weighted by Gasteiger charge is 2.26. The zero-order valence-corrected chi connectivity index (χ0v) is 18.9. The highest BCUT2D eigenvalue weighted by atomic mass is 16.2. The molecule has 0 radical (unpaired) electrons. The molecule has 0 saturated carbocycles. The van der Waals surface area contributed by atoms with Crippen molar-refractivity contribution in [3.8, 4) is 0 Å². The molecule has 168 valence electrons. The van der Waals surface area contributed by atoms with Crippen molar-refractivity contribution in [3.63, 3.8) is 0 Å². The normalized spacial score (nSPS) is 17.9. The van der Waals surface area contributed by atoms with Crippen LogP contribution in [-0.4, -0.2) is 45.1 Å². The number of nitrogens with zero attached hydrogens (tertiary/aromatic N) is 6. The van der Waals surface area contributed by atoms with Gasteiger partial charge in [-0.25, -0.2) is 9.97 Å². The molecule has 2 aliphatic rings. The van der Waals surface area contributed by atoms with Crippen molar-refractivity contribution in [1.29, 1.82) is 0 Å². The number of carbonyl (C=O) groups excluding carboxylic acids is 1. The summed E-state index contributed by atoms with van der Waals surface area (Å²) < 4.78 is 2.27. The molecule has 1 atom stereocenters. The second kappa shape index (κ2) is 8.76. The number of hydrogen-bond donors (Lipinski definition) is 1. The molecule has 1 unspecified atom stereocenters. The first-order valence-corrected chi connectivity index (χ1v) is 11.8. The summed E-state index contributed by atoms with van der Waals surface area (Å²) in [7, 11) is 0. The molecule has 0 aromatic carbocycles. The van der Waals surface area contributed by atoms with Crippen LogP contribution in [0.25, 0.3) is 10.9 Å². The molecule has 0 aliphatic carbocycles. The molecule has 1 amide bonds. The van der Waals surface area contributed by atoms with E-state index in [4.69, 9.17) is 4.98 Å². The van der Waals surface area contributed by atoms with Gasteiger partial charge in [-0.15, -0.1) is 0 Å². The molecule has 5 rings (SSSR count). The quantitative estimate of drug-likeness (QED) is 0.609. The number of pyridine rings is 1. The summed E-state index contributed by atoms with van der Waals surface area (Å²) in [6.07, 6.45) is 12.0. The second-order valence-electron chi connectivity index (χ2n) is 8.83. The molecule has 8 heteroatoms. The number of nitrogens with one attached hydrogen (secondary N) is 1. The van der Waals surface area contributed by atoms with E-state index in [9.17, 15) is 4.79 Å². The first kappa shape index (κ1) is 20.7. The standard InChI is InChI=1S/C24H31N7O/c1-3-17(2)31-16-20(30-13-7-8-23(30)32)18-15-26-22(14-19(18)31)27-21-9-10-25-24(28-21)29-11-5-4-6-12-29/h9-10,14-17H,3-8,11-13H2,1-2H3,(H,25,26,27,28). The van der Waals surface area contributed by atoms with Crippen molar-refractivity contribution in [2.75, 3.05) is 34.8 Å². The van der Waals surface area contributed by atoms with Crippen LogP contribution in [0.3, 0.4) is 0 Å². The van der Waals surface area contributed by atoms with E-state index in [1.54, 1.807) is 6.20 Å². The number of aromatic nitrogens is 4. The molecule has 3 aromatic heterocycles. The van der Waals surface area contributed by atoms with Crippen LogP contribution in [-0.2, 0) is 4.79 Å². The van der Waals surface area contributed by atoms with E-state index in [0.29, 0.717) is 12.5 Å².